The molecule has 2 heterocycles. The monoisotopic (exact) mass is 284 g/mol. The molecule has 102 valence electrons. The summed E-state index contributed by atoms with van der Waals surface area (Å²) in [7, 11) is 1.93. The fraction of sp³-hybridized carbons (Fsp3) is 0.200. The summed E-state index contributed by atoms with van der Waals surface area (Å²) in [5.41, 5.74) is 4.27. The van der Waals surface area contributed by atoms with E-state index in [1.165, 1.54) is 0 Å². The molecule has 4 nitrogen and oxygen atoms in total. The summed E-state index contributed by atoms with van der Waals surface area (Å²) < 4.78 is 4.57. The first-order chi connectivity index (χ1) is 9.70. The Morgan fingerprint density at radius 3 is 2.70 bits per heavy atom. The Kier molecular flexibility index (Phi) is 3.28. The van der Waals surface area contributed by atoms with Crippen LogP contribution in [0.5, 0.6) is 0 Å². The first-order valence-electron chi connectivity index (χ1n) is 6.59. The maximum Gasteiger partial charge on any atom is 0.182 e. The zero-order valence-electron chi connectivity index (χ0n) is 11.5. The van der Waals surface area contributed by atoms with E-state index in [-0.39, 0.29) is 0 Å². The number of aromatic amines is 1. The number of benzene rings is 1. The summed E-state index contributed by atoms with van der Waals surface area (Å²) in [6.07, 6.45) is 4.83. The normalized spacial score (nSPS) is 10.9. The lowest BCUT2D eigenvalue weighted by Crippen LogP contribution is -1.99. The van der Waals surface area contributed by atoms with E-state index in [1.807, 2.05) is 42.3 Å². The minimum Gasteiger partial charge on any atom is -0.336 e. The second-order valence-corrected chi connectivity index (χ2v) is 5.06. The van der Waals surface area contributed by atoms with Crippen LogP contribution in [-0.4, -0.2) is 19.3 Å². The molecular formula is C15H16N4S. The molecule has 0 aliphatic heterocycles. The molecule has 0 radical (unpaired) electrons. The zero-order valence-corrected chi connectivity index (χ0v) is 12.3. The molecule has 0 unspecified atom stereocenters. The Balaban J connectivity index is 2.24. The highest BCUT2D eigenvalue weighted by Crippen LogP contribution is 2.25. The number of nitrogens with zero attached hydrogens (tertiary/aromatic N) is 3. The van der Waals surface area contributed by atoms with Crippen LogP contribution in [-0.2, 0) is 13.5 Å². The number of hydrogen-bond acceptors (Lipinski definition) is 2. The van der Waals surface area contributed by atoms with Gasteiger partial charge in [0.2, 0.25) is 0 Å². The first kappa shape index (κ1) is 12.9. The van der Waals surface area contributed by atoms with E-state index in [9.17, 15) is 0 Å². The molecule has 0 amide bonds. The summed E-state index contributed by atoms with van der Waals surface area (Å²) in [4.78, 5) is 3.14. The van der Waals surface area contributed by atoms with Gasteiger partial charge in [0, 0.05) is 25.0 Å². The van der Waals surface area contributed by atoms with E-state index >= 15 is 0 Å². The lowest BCUT2D eigenvalue weighted by atomic mass is 10.1. The topological polar surface area (TPSA) is 38.5 Å². The van der Waals surface area contributed by atoms with Crippen molar-refractivity contribution in [2.75, 3.05) is 0 Å². The van der Waals surface area contributed by atoms with Crippen molar-refractivity contribution in [3.05, 3.63) is 53.2 Å². The lowest BCUT2D eigenvalue weighted by molar-refractivity contribution is 0.746. The third kappa shape index (κ3) is 2.10. The summed E-state index contributed by atoms with van der Waals surface area (Å²) >= 11 is 5.44. The van der Waals surface area contributed by atoms with Gasteiger partial charge in [-0.3, -0.25) is 9.25 Å². The van der Waals surface area contributed by atoms with Crippen molar-refractivity contribution in [1.29, 1.82) is 0 Å². The van der Waals surface area contributed by atoms with Crippen LogP contribution in [0.3, 0.4) is 0 Å². The van der Waals surface area contributed by atoms with Crippen molar-refractivity contribution in [2.45, 2.75) is 13.3 Å². The van der Waals surface area contributed by atoms with Gasteiger partial charge in [-0.25, -0.2) is 0 Å². The van der Waals surface area contributed by atoms with Gasteiger partial charge in [0.15, 0.2) is 4.77 Å². The van der Waals surface area contributed by atoms with Crippen molar-refractivity contribution >= 4 is 12.2 Å². The highest BCUT2D eigenvalue weighted by atomic mass is 32.1. The highest BCUT2D eigenvalue weighted by Gasteiger charge is 2.14. The quantitative estimate of drug-likeness (QED) is 0.748. The molecule has 1 aromatic carbocycles. The predicted molar refractivity (Wildman–Crippen MR) is 82.5 cm³/mol. The predicted octanol–water partition coefficient (Wildman–Crippen LogP) is 3.50. The Morgan fingerprint density at radius 2 is 2.00 bits per heavy atom. The minimum absolute atomic E-state index is 0.687. The smallest absolute Gasteiger partial charge is 0.182 e. The van der Waals surface area contributed by atoms with E-state index in [1.54, 1.807) is 0 Å². The van der Waals surface area contributed by atoms with E-state index < -0.39 is 0 Å². The number of aryl methyl sites for hydroxylation is 2. The fourth-order valence-electron chi connectivity index (χ4n) is 2.39. The second-order valence-electron chi connectivity index (χ2n) is 4.67. The van der Waals surface area contributed by atoms with Crippen LogP contribution in [0.15, 0.2) is 42.7 Å². The van der Waals surface area contributed by atoms with Crippen LogP contribution in [0.4, 0.5) is 0 Å². The number of rotatable bonds is 3. The molecule has 0 aliphatic rings. The van der Waals surface area contributed by atoms with Crippen molar-refractivity contribution in [1.82, 2.24) is 19.3 Å². The number of nitrogens with one attached hydrogen (secondary N) is 1. The lowest BCUT2D eigenvalue weighted by Gasteiger charge is -2.07. The third-order valence-electron chi connectivity index (χ3n) is 3.30. The van der Waals surface area contributed by atoms with Crippen LogP contribution in [0, 0.1) is 4.77 Å². The number of imidazole rings is 1. The first-order valence-corrected chi connectivity index (χ1v) is 7.00. The molecule has 20 heavy (non-hydrogen) atoms. The number of H-pyrrole nitrogens is 1. The van der Waals surface area contributed by atoms with Crippen molar-refractivity contribution in [3.63, 3.8) is 0 Å². The SMILES string of the molecule is CCc1nn(C)cc1-n1c(-c2ccccc2)c[nH]c1=S. The zero-order chi connectivity index (χ0) is 14.1. The molecule has 5 heteroatoms. The molecule has 0 bridgehead atoms. The Bertz CT molecular complexity index is 780. The molecule has 0 atom stereocenters. The average molecular weight is 284 g/mol. The van der Waals surface area contributed by atoms with E-state index in [0.717, 1.165) is 29.1 Å². The molecule has 3 rings (SSSR count). The minimum atomic E-state index is 0.687. The summed E-state index contributed by atoms with van der Waals surface area (Å²) in [6.45, 7) is 2.10. The molecule has 0 saturated carbocycles. The maximum atomic E-state index is 5.44. The molecular weight excluding hydrogens is 268 g/mol. The van der Waals surface area contributed by atoms with Gasteiger partial charge in [-0.15, -0.1) is 0 Å². The molecule has 3 aromatic rings. The Hall–Kier alpha value is -2.14. The molecule has 1 N–H and O–H groups in total. The number of hydrogen-bond donors (Lipinski definition) is 1. The van der Waals surface area contributed by atoms with Crippen LogP contribution in [0.2, 0.25) is 0 Å². The average Bonchev–Trinajstić information content (AvgIpc) is 3.02. The van der Waals surface area contributed by atoms with Gasteiger partial charge in [0.1, 0.15) is 0 Å². The van der Waals surface area contributed by atoms with Gasteiger partial charge in [-0.2, -0.15) is 5.10 Å². The fourth-order valence-corrected chi connectivity index (χ4v) is 2.65. The van der Waals surface area contributed by atoms with Crippen molar-refractivity contribution in [3.8, 4) is 16.9 Å². The van der Waals surface area contributed by atoms with Crippen LogP contribution in [0.1, 0.15) is 12.6 Å². The van der Waals surface area contributed by atoms with Crippen LogP contribution >= 0.6 is 12.2 Å². The molecule has 0 aliphatic carbocycles. The van der Waals surface area contributed by atoms with Gasteiger partial charge in [-0.05, 0) is 18.6 Å². The van der Waals surface area contributed by atoms with E-state index in [2.05, 4.69) is 33.7 Å². The van der Waals surface area contributed by atoms with Crippen LogP contribution < -0.4 is 0 Å². The second kappa shape index (κ2) is 5.09. The summed E-state index contributed by atoms with van der Waals surface area (Å²) in [6, 6.07) is 10.2. The maximum absolute atomic E-state index is 5.44. The summed E-state index contributed by atoms with van der Waals surface area (Å²) in [5, 5.41) is 4.50. The highest BCUT2D eigenvalue weighted by molar-refractivity contribution is 7.71. The molecule has 0 saturated heterocycles. The van der Waals surface area contributed by atoms with E-state index in [0.29, 0.717) is 4.77 Å². The molecule has 2 aromatic heterocycles. The van der Waals surface area contributed by atoms with E-state index in [4.69, 9.17) is 12.2 Å². The number of aromatic nitrogens is 4. The van der Waals surface area contributed by atoms with Crippen molar-refractivity contribution < 1.29 is 0 Å². The standard InChI is InChI=1S/C15H16N4S/c1-3-12-14(10-18(2)17-12)19-13(9-16-15(19)20)11-7-5-4-6-8-11/h4-10H,3H2,1-2H3,(H,16,20). The van der Waals surface area contributed by atoms with Gasteiger partial charge in [0.25, 0.3) is 0 Å². The van der Waals surface area contributed by atoms with Crippen molar-refractivity contribution in [2.24, 2.45) is 7.05 Å². The van der Waals surface area contributed by atoms with Gasteiger partial charge < -0.3 is 4.98 Å². The van der Waals surface area contributed by atoms with Gasteiger partial charge in [0.05, 0.1) is 17.1 Å². The molecule has 0 spiro atoms. The molecule has 0 fully saturated rings. The van der Waals surface area contributed by atoms with Crippen LogP contribution in [0.25, 0.3) is 16.9 Å². The summed E-state index contributed by atoms with van der Waals surface area (Å²) in [5.74, 6) is 0. The van der Waals surface area contributed by atoms with Gasteiger partial charge in [-0.1, -0.05) is 37.3 Å². The van der Waals surface area contributed by atoms with Gasteiger partial charge >= 0.3 is 0 Å². The Morgan fingerprint density at radius 1 is 1.25 bits per heavy atom. The Labute approximate surface area is 122 Å². The largest absolute Gasteiger partial charge is 0.336 e. The third-order valence-corrected chi connectivity index (χ3v) is 3.61.